The van der Waals surface area contributed by atoms with Crippen molar-refractivity contribution >= 4 is 35.2 Å². The third-order valence-corrected chi connectivity index (χ3v) is 6.28. The second-order valence-corrected chi connectivity index (χ2v) is 7.46. The van der Waals surface area contributed by atoms with E-state index in [1.165, 1.54) is 11.8 Å². The molecule has 1 saturated heterocycles. The fourth-order valence-corrected chi connectivity index (χ4v) is 4.76. The fraction of sp³-hybridized carbons (Fsp3) is 0.316. The number of piperidine rings is 1. The average Bonchev–Trinajstić information content (AvgIpc) is 2.67. The van der Waals surface area contributed by atoms with E-state index < -0.39 is 23.3 Å². The first-order valence-corrected chi connectivity index (χ1v) is 9.34. The van der Waals surface area contributed by atoms with Crippen LogP contribution in [0.5, 0.6) is 0 Å². The highest BCUT2D eigenvalue weighted by Crippen LogP contribution is 2.47. The topological polar surface area (TPSA) is 72.9 Å². The van der Waals surface area contributed by atoms with Gasteiger partial charge in [0.15, 0.2) is 0 Å². The van der Waals surface area contributed by atoms with E-state index in [2.05, 4.69) is 6.58 Å². The normalized spacial score (nSPS) is 21.0. The van der Waals surface area contributed by atoms with Crippen LogP contribution in [0.3, 0.4) is 0 Å². The molecule has 2 heterocycles. The van der Waals surface area contributed by atoms with Gasteiger partial charge in [-0.3, -0.25) is 9.59 Å². The summed E-state index contributed by atoms with van der Waals surface area (Å²) in [5, 5.41) is 0. The first-order chi connectivity index (χ1) is 12.5. The lowest BCUT2D eigenvalue weighted by atomic mass is 9.90. The molecule has 1 aromatic carbocycles. The van der Waals surface area contributed by atoms with Crippen molar-refractivity contribution in [2.45, 2.75) is 18.4 Å². The Morgan fingerprint density at radius 2 is 1.88 bits per heavy atom. The minimum absolute atomic E-state index is 0.390. The van der Waals surface area contributed by atoms with Gasteiger partial charge in [-0.25, -0.2) is 4.79 Å². The molecule has 0 bridgehead atoms. The summed E-state index contributed by atoms with van der Waals surface area (Å²) in [5.74, 6) is 0.111. The van der Waals surface area contributed by atoms with Crippen LogP contribution in [0.2, 0.25) is 0 Å². The molecule has 1 aliphatic carbocycles. The molecule has 6 nitrogen and oxygen atoms in total. The van der Waals surface area contributed by atoms with Crippen molar-refractivity contribution < 1.29 is 23.9 Å². The Kier molecular flexibility index (Phi) is 4.11. The predicted octanol–water partition coefficient (Wildman–Crippen LogP) is 3.00. The number of ether oxygens (including phenoxy) is 2. The fourth-order valence-electron chi connectivity index (χ4n) is 3.50. The van der Waals surface area contributed by atoms with Gasteiger partial charge in [0.2, 0.25) is 11.6 Å². The summed E-state index contributed by atoms with van der Waals surface area (Å²) in [6.07, 6.45) is 1.97. The summed E-state index contributed by atoms with van der Waals surface area (Å²) in [4.78, 5) is 38.6. The number of rotatable bonds is 1. The van der Waals surface area contributed by atoms with Gasteiger partial charge in [0.25, 0.3) is 0 Å². The van der Waals surface area contributed by atoms with Crippen LogP contribution in [0.25, 0.3) is 5.76 Å². The van der Waals surface area contributed by atoms with Crippen molar-refractivity contribution in [3.05, 3.63) is 53.1 Å². The van der Waals surface area contributed by atoms with Crippen LogP contribution in [-0.4, -0.2) is 47.0 Å². The molecular formula is C19H17NO5S. The number of likely N-dealkylation sites (tertiary alicyclic amines) is 1. The van der Waals surface area contributed by atoms with Crippen LogP contribution in [-0.2, 0) is 14.3 Å². The largest absolute Gasteiger partial charge is 0.484 e. The van der Waals surface area contributed by atoms with Gasteiger partial charge in [-0.2, -0.15) is 0 Å². The second-order valence-electron chi connectivity index (χ2n) is 6.47. The number of fused-ring (bicyclic) bond motifs is 2. The summed E-state index contributed by atoms with van der Waals surface area (Å²) in [6.45, 7) is 4.40. The van der Waals surface area contributed by atoms with Gasteiger partial charge in [-0.05, 0) is 0 Å². The number of benzene rings is 1. The highest BCUT2D eigenvalue weighted by molar-refractivity contribution is 8.04. The number of hydrogen-bond acceptors (Lipinski definition) is 6. The number of amides is 1. The Labute approximate surface area is 154 Å². The van der Waals surface area contributed by atoms with Crippen molar-refractivity contribution in [1.82, 2.24) is 4.90 Å². The van der Waals surface area contributed by atoms with Crippen molar-refractivity contribution in [2.75, 3.05) is 18.8 Å². The number of allylic oxidation sites excluding steroid dienone is 1. The van der Waals surface area contributed by atoms with Crippen molar-refractivity contribution in [3.8, 4) is 0 Å². The number of carbonyl (C=O) groups is 3. The molecule has 3 aliphatic rings. The van der Waals surface area contributed by atoms with E-state index >= 15 is 0 Å². The maximum atomic E-state index is 12.4. The first-order valence-electron chi connectivity index (χ1n) is 8.36. The Hall–Kier alpha value is -2.54. The lowest BCUT2D eigenvalue weighted by Gasteiger charge is -2.45. The van der Waals surface area contributed by atoms with Gasteiger partial charge in [-0.15, -0.1) is 11.8 Å². The van der Waals surface area contributed by atoms with E-state index in [0.717, 1.165) is 6.26 Å². The zero-order valence-corrected chi connectivity index (χ0v) is 14.8. The van der Waals surface area contributed by atoms with Gasteiger partial charge < -0.3 is 14.4 Å². The molecule has 0 atom stereocenters. The molecule has 0 unspecified atom stereocenters. The molecule has 0 N–H and O–H groups in total. The van der Waals surface area contributed by atoms with E-state index in [1.54, 1.807) is 17.0 Å². The first kappa shape index (κ1) is 16.9. The van der Waals surface area contributed by atoms with Crippen LogP contribution in [0, 0.1) is 0 Å². The third kappa shape index (κ3) is 2.63. The van der Waals surface area contributed by atoms with Crippen LogP contribution >= 0.6 is 11.8 Å². The Morgan fingerprint density at radius 3 is 2.58 bits per heavy atom. The lowest BCUT2D eigenvalue weighted by Crippen LogP contribution is -2.50. The number of carbonyl (C=O) groups excluding carboxylic acids is 3. The zero-order chi connectivity index (χ0) is 18.3. The monoisotopic (exact) mass is 371 g/mol. The summed E-state index contributed by atoms with van der Waals surface area (Å²) in [7, 11) is 0. The van der Waals surface area contributed by atoms with Crippen LogP contribution in [0.4, 0.5) is 4.79 Å². The van der Waals surface area contributed by atoms with Gasteiger partial charge >= 0.3 is 6.09 Å². The number of nitrogens with zero attached hydrogens (tertiary/aromatic N) is 1. The highest BCUT2D eigenvalue weighted by Gasteiger charge is 2.46. The summed E-state index contributed by atoms with van der Waals surface area (Å²) in [5.41, 5.74) is 0.607. The van der Waals surface area contributed by atoms with E-state index in [1.807, 2.05) is 12.1 Å². The van der Waals surface area contributed by atoms with Crippen molar-refractivity contribution in [2.24, 2.45) is 0 Å². The quantitative estimate of drug-likeness (QED) is 0.558. The smallest absolute Gasteiger partial charge is 0.414 e. The maximum absolute atomic E-state index is 12.4. The average molecular weight is 371 g/mol. The predicted molar refractivity (Wildman–Crippen MR) is 96.5 cm³/mol. The molecule has 26 heavy (non-hydrogen) atoms. The molecule has 1 amide bonds. The molecule has 2 aliphatic heterocycles. The Bertz CT molecular complexity index is 851. The molecule has 134 valence electrons. The van der Waals surface area contributed by atoms with Gasteiger partial charge in [0.1, 0.15) is 16.3 Å². The molecule has 4 rings (SSSR count). The molecule has 1 spiro atoms. The van der Waals surface area contributed by atoms with Gasteiger partial charge in [0.05, 0.1) is 6.26 Å². The maximum Gasteiger partial charge on any atom is 0.414 e. The molecule has 7 heteroatoms. The molecule has 0 radical (unpaired) electrons. The number of thioether (sulfide) groups is 1. The SMILES string of the molecule is C=COC(=O)N1CCC2(CC1)CSC1=C(O2)c2ccccc2C(=O)C1=O. The second kappa shape index (κ2) is 6.32. The molecule has 1 fully saturated rings. The highest BCUT2D eigenvalue weighted by atomic mass is 32.2. The Balaban J connectivity index is 1.60. The van der Waals surface area contributed by atoms with Crippen molar-refractivity contribution in [1.29, 1.82) is 0 Å². The molecule has 0 saturated carbocycles. The van der Waals surface area contributed by atoms with Gasteiger partial charge in [0, 0.05) is 42.8 Å². The number of ketones is 2. The van der Waals surface area contributed by atoms with E-state index in [9.17, 15) is 14.4 Å². The lowest BCUT2D eigenvalue weighted by molar-refractivity contribution is -0.111. The van der Waals surface area contributed by atoms with Gasteiger partial charge in [-0.1, -0.05) is 30.8 Å². The molecular weight excluding hydrogens is 354 g/mol. The van der Waals surface area contributed by atoms with E-state index in [0.29, 0.717) is 53.5 Å². The van der Waals surface area contributed by atoms with Crippen LogP contribution < -0.4 is 0 Å². The Morgan fingerprint density at radius 1 is 1.19 bits per heavy atom. The zero-order valence-electron chi connectivity index (χ0n) is 14.0. The van der Waals surface area contributed by atoms with Crippen LogP contribution in [0.15, 0.2) is 42.0 Å². The van der Waals surface area contributed by atoms with E-state index in [-0.39, 0.29) is 0 Å². The summed E-state index contributed by atoms with van der Waals surface area (Å²) in [6, 6.07) is 7.04. The van der Waals surface area contributed by atoms with E-state index in [4.69, 9.17) is 9.47 Å². The minimum atomic E-state index is -0.495. The number of hydrogen-bond donors (Lipinski definition) is 0. The molecule has 0 aromatic heterocycles. The summed E-state index contributed by atoms with van der Waals surface area (Å²) < 4.78 is 11.2. The van der Waals surface area contributed by atoms with Crippen molar-refractivity contribution in [3.63, 3.8) is 0 Å². The molecule has 1 aromatic rings. The number of Topliss-reactive ketones (excluding diaryl/α,β-unsaturated/α-hetero) is 2. The van der Waals surface area contributed by atoms with Crippen LogP contribution in [0.1, 0.15) is 28.8 Å². The minimum Gasteiger partial charge on any atom is -0.484 e. The standard InChI is InChI=1S/C19H17NO5S/c1-2-24-18(23)20-9-7-19(8-10-20)11-26-17-15(22)14(21)12-5-3-4-6-13(12)16(17)25-19/h2-6H,1,7-11H2. The third-order valence-electron chi connectivity index (χ3n) is 4.95. The summed E-state index contributed by atoms with van der Waals surface area (Å²) >= 11 is 1.38.